The summed E-state index contributed by atoms with van der Waals surface area (Å²) in [6, 6.07) is 2.47. The van der Waals surface area contributed by atoms with Gasteiger partial charge in [0.1, 0.15) is 5.82 Å². The lowest BCUT2D eigenvalue weighted by atomic mass is 10.1. The van der Waals surface area contributed by atoms with E-state index in [1.807, 2.05) is 0 Å². The summed E-state index contributed by atoms with van der Waals surface area (Å²) < 4.78 is 40.4. The highest BCUT2D eigenvalue weighted by Gasteiger charge is 2.32. The van der Waals surface area contributed by atoms with E-state index in [9.17, 15) is 12.8 Å². The van der Waals surface area contributed by atoms with Crippen LogP contribution in [-0.2, 0) is 16.6 Å². The van der Waals surface area contributed by atoms with Crippen LogP contribution in [0.25, 0.3) is 0 Å². The zero-order valence-electron chi connectivity index (χ0n) is 11.5. The molecule has 0 spiro atoms. The van der Waals surface area contributed by atoms with Crippen LogP contribution in [0.5, 0.6) is 0 Å². The number of hydrogen-bond acceptors (Lipinski definition) is 4. The van der Waals surface area contributed by atoms with Crippen molar-refractivity contribution in [2.24, 2.45) is 0 Å². The fourth-order valence-electron chi connectivity index (χ4n) is 2.23. The number of thioether (sulfide) groups is 1. The highest BCUT2D eigenvalue weighted by molar-refractivity contribution is 7.99. The average molecular weight is 319 g/mol. The van der Waals surface area contributed by atoms with E-state index in [0.717, 1.165) is 17.9 Å². The topological polar surface area (TPSA) is 57.6 Å². The molecule has 0 amide bonds. The second kappa shape index (κ2) is 6.01. The van der Waals surface area contributed by atoms with Gasteiger partial charge in [-0.2, -0.15) is 16.1 Å². The SMILES string of the molecule is Cc1c(F)cc(CO)cc1S(=O)(=O)N(C)C1CCSC1. The zero-order chi connectivity index (χ0) is 14.9. The second-order valence-corrected chi connectivity index (χ2v) is 8.01. The molecule has 0 bridgehead atoms. The summed E-state index contributed by atoms with van der Waals surface area (Å²) in [4.78, 5) is -0.0547. The van der Waals surface area contributed by atoms with Gasteiger partial charge >= 0.3 is 0 Å². The summed E-state index contributed by atoms with van der Waals surface area (Å²) in [5, 5.41) is 9.11. The quantitative estimate of drug-likeness (QED) is 0.919. The molecule has 0 aliphatic carbocycles. The molecule has 1 saturated heterocycles. The maximum Gasteiger partial charge on any atom is 0.243 e. The van der Waals surface area contributed by atoms with Gasteiger partial charge in [-0.3, -0.25) is 0 Å². The molecule has 2 rings (SSSR count). The van der Waals surface area contributed by atoms with Crippen molar-refractivity contribution in [3.8, 4) is 0 Å². The van der Waals surface area contributed by atoms with Crippen molar-refractivity contribution in [1.29, 1.82) is 0 Å². The van der Waals surface area contributed by atoms with Crippen LogP contribution < -0.4 is 0 Å². The third-order valence-corrected chi connectivity index (χ3v) is 6.80. The number of halogens is 1. The van der Waals surface area contributed by atoms with Gasteiger partial charge in [-0.15, -0.1) is 0 Å². The molecule has 1 aromatic rings. The lowest BCUT2D eigenvalue weighted by molar-refractivity contribution is 0.280. The number of hydrogen-bond donors (Lipinski definition) is 1. The van der Waals surface area contributed by atoms with Crippen molar-refractivity contribution in [2.45, 2.75) is 30.9 Å². The smallest absolute Gasteiger partial charge is 0.243 e. The van der Waals surface area contributed by atoms with E-state index in [1.165, 1.54) is 30.4 Å². The molecule has 1 fully saturated rings. The molecular formula is C13H18FNO3S2. The monoisotopic (exact) mass is 319 g/mol. The maximum absolute atomic E-state index is 13.8. The van der Waals surface area contributed by atoms with Crippen molar-refractivity contribution in [3.63, 3.8) is 0 Å². The van der Waals surface area contributed by atoms with Gasteiger partial charge < -0.3 is 5.11 Å². The van der Waals surface area contributed by atoms with E-state index in [4.69, 9.17) is 5.11 Å². The molecule has 1 atom stereocenters. The Morgan fingerprint density at radius 1 is 1.50 bits per heavy atom. The Morgan fingerprint density at radius 2 is 2.20 bits per heavy atom. The number of aliphatic hydroxyl groups excluding tert-OH is 1. The van der Waals surface area contributed by atoms with Crippen LogP contribution in [0.2, 0.25) is 0 Å². The normalized spacial score (nSPS) is 19.8. The Labute approximate surface area is 123 Å². The van der Waals surface area contributed by atoms with Gasteiger partial charge in [0.15, 0.2) is 0 Å². The highest BCUT2D eigenvalue weighted by atomic mass is 32.2. The maximum atomic E-state index is 13.8. The number of sulfonamides is 1. The molecule has 7 heteroatoms. The van der Waals surface area contributed by atoms with E-state index in [2.05, 4.69) is 0 Å². The molecule has 1 heterocycles. The minimum absolute atomic E-state index is 0.0507. The lowest BCUT2D eigenvalue weighted by Crippen LogP contribution is -2.37. The fourth-order valence-corrected chi connectivity index (χ4v) is 5.26. The minimum atomic E-state index is -3.74. The van der Waals surface area contributed by atoms with Gasteiger partial charge in [-0.05, 0) is 36.8 Å². The fraction of sp³-hybridized carbons (Fsp3) is 0.538. The molecule has 1 N–H and O–H groups in total. The largest absolute Gasteiger partial charge is 0.392 e. The summed E-state index contributed by atoms with van der Waals surface area (Å²) in [6.07, 6.45) is 0.807. The molecule has 20 heavy (non-hydrogen) atoms. The van der Waals surface area contributed by atoms with Gasteiger partial charge in [-0.25, -0.2) is 12.8 Å². The zero-order valence-corrected chi connectivity index (χ0v) is 13.1. The van der Waals surface area contributed by atoms with Crippen LogP contribution >= 0.6 is 11.8 Å². The van der Waals surface area contributed by atoms with Gasteiger partial charge in [0.05, 0.1) is 11.5 Å². The van der Waals surface area contributed by atoms with E-state index < -0.39 is 15.8 Å². The predicted molar refractivity (Wildman–Crippen MR) is 77.7 cm³/mol. The van der Waals surface area contributed by atoms with E-state index >= 15 is 0 Å². The van der Waals surface area contributed by atoms with E-state index in [-0.39, 0.29) is 28.7 Å². The summed E-state index contributed by atoms with van der Waals surface area (Å²) in [6.45, 7) is 1.06. The number of aliphatic hydroxyl groups is 1. The van der Waals surface area contributed by atoms with Crippen LogP contribution in [0.1, 0.15) is 17.5 Å². The first-order valence-corrected chi connectivity index (χ1v) is 8.93. The Morgan fingerprint density at radius 3 is 2.75 bits per heavy atom. The molecule has 1 aromatic carbocycles. The van der Waals surface area contributed by atoms with Crippen LogP contribution in [0.15, 0.2) is 17.0 Å². The van der Waals surface area contributed by atoms with Crippen LogP contribution in [0.4, 0.5) is 4.39 Å². The Bertz CT molecular complexity index is 598. The summed E-state index contributed by atoms with van der Waals surface area (Å²) >= 11 is 1.72. The molecule has 1 aliphatic heterocycles. The average Bonchev–Trinajstić information content (AvgIpc) is 2.94. The Kier molecular flexibility index (Phi) is 4.73. The first-order chi connectivity index (χ1) is 9.37. The highest BCUT2D eigenvalue weighted by Crippen LogP contribution is 2.29. The molecule has 112 valence electrons. The van der Waals surface area contributed by atoms with Gasteiger partial charge in [0, 0.05) is 24.4 Å². The van der Waals surface area contributed by atoms with Crippen molar-refractivity contribution in [1.82, 2.24) is 4.31 Å². The molecule has 1 unspecified atom stereocenters. The minimum Gasteiger partial charge on any atom is -0.392 e. The van der Waals surface area contributed by atoms with Gasteiger partial charge in [0.2, 0.25) is 10.0 Å². The molecule has 1 aliphatic rings. The number of rotatable bonds is 4. The van der Waals surface area contributed by atoms with Crippen molar-refractivity contribution >= 4 is 21.8 Å². The number of benzene rings is 1. The lowest BCUT2D eigenvalue weighted by Gasteiger charge is -2.24. The van der Waals surface area contributed by atoms with E-state index in [0.29, 0.717) is 0 Å². The van der Waals surface area contributed by atoms with Crippen LogP contribution in [-0.4, -0.2) is 42.4 Å². The Hall–Kier alpha value is -0.630. The summed E-state index contributed by atoms with van der Waals surface area (Å²) in [5.41, 5.74) is 0.362. The van der Waals surface area contributed by atoms with Gasteiger partial charge in [0.25, 0.3) is 0 Å². The van der Waals surface area contributed by atoms with Crippen molar-refractivity contribution in [3.05, 3.63) is 29.1 Å². The first kappa shape index (κ1) is 15.8. The van der Waals surface area contributed by atoms with Crippen LogP contribution in [0.3, 0.4) is 0 Å². The van der Waals surface area contributed by atoms with Crippen molar-refractivity contribution < 1.29 is 17.9 Å². The van der Waals surface area contributed by atoms with Gasteiger partial charge in [-0.1, -0.05) is 0 Å². The standard InChI is InChI=1S/C13H18FNO3S2/c1-9-12(14)5-10(7-16)6-13(9)20(17,18)15(2)11-3-4-19-8-11/h5-6,11,16H,3-4,7-8H2,1-2H3. The third-order valence-electron chi connectivity index (χ3n) is 3.62. The van der Waals surface area contributed by atoms with Crippen LogP contribution in [0, 0.1) is 12.7 Å². The predicted octanol–water partition coefficient (Wildman–Crippen LogP) is 1.75. The first-order valence-electron chi connectivity index (χ1n) is 6.33. The molecule has 0 saturated carbocycles. The summed E-state index contributed by atoms with van der Waals surface area (Å²) in [7, 11) is -2.20. The van der Waals surface area contributed by atoms with E-state index in [1.54, 1.807) is 11.8 Å². The molecule has 0 aromatic heterocycles. The summed E-state index contributed by atoms with van der Waals surface area (Å²) in [5.74, 6) is 1.09. The molecular weight excluding hydrogens is 301 g/mol. The van der Waals surface area contributed by atoms with Crippen molar-refractivity contribution in [2.75, 3.05) is 18.6 Å². The molecule has 4 nitrogen and oxygen atoms in total. The number of nitrogens with zero attached hydrogens (tertiary/aromatic N) is 1. The second-order valence-electron chi connectivity index (χ2n) is 4.90. The molecule has 0 radical (unpaired) electrons. The Balaban J connectivity index is 2.45. The third kappa shape index (κ3) is 2.86.